The zero-order valence-electron chi connectivity index (χ0n) is 10.1. The van der Waals surface area contributed by atoms with Gasteiger partial charge in [0.15, 0.2) is 0 Å². The van der Waals surface area contributed by atoms with Crippen molar-refractivity contribution in [3.8, 4) is 0 Å². The Morgan fingerprint density at radius 3 is 2.56 bits per heavy atom. The van der Waals surface area contributed by atoms with Gasteiger partial charge in [-0.05, 0) is 37.8 Å². The van der Waals surface area contributed by atoms with Gasteiger partial charge >= 0.3 is 5.69 Å². The second-order valence-electron chi connectivity index (χ2n) is 4.89. The third-order valence-electron chi connectivity index (χ3n) is 3.73. The van der Waals surface area contributed by atoms with Gasteiger partial charge in [-0.1, -0.05) is 12.1 Å². The molecule has 1 fully saturated rings. The largest absolute Gasteiger partial charge is 0.328 e. The maximum atomic E-state index is 12.0. The van der Waals surface area contributed by atoms with Crippen LogP contribution < -0.4 is 11.4 Å². The standard InChI is InChI=1S/C13H17N3O.ClH/c14-9-5-7-10(8-6-9)16-12-4-2-1-3-11(12)15-13(16)17;/h1-4,9-10H,5-8,14H2,(H,15,17);1H. The van der Waals surface area contributed by atoms with Crippen LogP contribution in [0.25, 0.3) is 11.0 Å². The molecule has 1 saturated carbocycles. The van der Waals surface area contributed by atoms with E-state index in [1.165, 1.54) is 0 Å². The Labute approximate surface area is 112 Å². The summed E-state index contributed by atoms with van der Waals surface area (Å²) in [4.78, 5) is 14.9. The molecule has 1 heterocycles. The fourth-order valence-corrected chi connectivity index (χ4v) is 2.80. The molecular formula is C13H18ClN3O. The molecule has 0 atom stereocenters. The number of nitrogens with zero attached hydrogens (tertiary/aromatic N) is 1. The van der Waals surface area contributed by atoms with Crippen LogP contribution in [0.2, 0.25) is 0 Å². The number of benzene rings is 1. The Bertz CT molecular complexity index is 581. The summed E-state index contributed by atoms with van der Waals surface area (Å²) in [6.45, 7) is 0. The molecule has 3 N–H and O–H groups in total. The van der Waals surface area contributed by atoms with Crippen LogP contribution in [0.4, 0.5) is 0 Å². The molecule has 1 aromatic carbocycles. The third-order valence-corrected chi connectivity index (χ3v) is 3.73. The van der Waals surface area contributed by atoms with Gasteiger partial charge in [-0.3, -0.25) is 4.57 Å². The molecule has 0 saturated heterocycles. The van der Waals surface area contributed by atoms with E-state index in [-0.39, 0.29) is 18.1 Å². The maximum Gasteiger partial charge on any atom is 0.326 e. The molecule has 98 valence electrons. The highest BCUT2D eigenvalue weighted by atomic mass is 35.5. The minimum Gasteiger partial charge on any atom is -0.328 e. The second-order valence-corrected chi connectivity index (χ2v) is 4.89. The van der Waals surface area contributed by atoms with Crippen LogP contribution in [0.1, 0.15) is 31.7 Å². The van der Waals surface area contributed by atoms with Crippen molar-refractivity contribution >= 4 is 23.4 Å². The van der Waals surface area contributed by atoms with E-state index in [2.05, 4.69) is 4.98 Å². The fourth-order valence-electron chi connectivity index (χ4n) is 2.80. The number of aromatic nitrogens is 2. The van der Waals surface area contributed by atoms with Gasteiger partial charge in [0.1, 0.15) is 0 Å². The molecule has 2 aromatic rings. The molecule has 0 amide bonds. The summed E-state index contributed by atoms with van der Waals surface area (Å²) < 4.78 is 1.90. The highest BCUT2D eigenvalue weighted by Crippen LogP contribution is 2.28. The number of nitrogens with two attached hydrogens (primary N) is 1. The van der Waals surface area contributed by atoms with Crippen LogP contribution in [0, 0.1) is 0 Å². The van der Waals surface area contributed by atoms with Crippen molar-refractivity contribution in [3.63, 3.8) is 0 Å². The van der Waals surface area contributed by atoms with Gasteiger partial charge in [-0.25, -0.2) is 4.79 Å². The van der Waals surface area contributed by atoms with E-state index in [1.54, 1.807) is 0 Å². The number of imidazole rings is 1. The molecule has 18 heavy (non-hydrogen) atoms. The summed E-state index contributed by atoms with van der Waals surface area (Å²) >= 11 is 0. The lowest BCUT2D eigenvalue weighted by Gasteiger charge is -2.26. The minimum atomic E-state index is 0. The number of halogens is 1. The van der Waals surface area contributed by atoms with E-state index in [1.807, 2.05) is 28.8 Å². The van der Waals surface area contributed by atoms with Gasteiger partial charge in [0.05, 0.1) is 11.0 Å². The van der Waals surface area contributed by atoms with Gasteiger partial charge in [-0.15, -0.1) is 12.4 Å². The lowest BCUT2D eigenvalue weighted by molar-refractivity contribution is 0.324. The van der Waals surface area contributed by atoms with E-state index in [0.29, 0.717) is 12.1 Å². The quantitative estimate of drug-likeness (QED) is 0.832. The molecule has 1 aromatic heterocycles. The average Bonchev–Trinajstić information content (AvgIpc) is 2.66. The molecule has 0 unspecified atom stereocenters. The number of nitrogens with one attached hydrogen (secondary N) is 1. The fraction of sp³-hybridized carbons (Fsp3) is 0.462. The summed E-state index contributed by atoms with van der Waals surface area (Å²) in [7, 11) is 0. The molecule has 5 heteroatoms. The number of H-pyrrole nitrogens is 1. The van der Waals surface area contributed by atoms with Gasteiger partial charge in [0.25, 0.3) is 0 Å². The first-order chi connectivity index (χ1) is 8.25. The molecule has 0 bridgehead atoms. The minimum absolute atomic E-state index is 0. The summed E-state index contributed by atoms with van der Waals surface area (Å²) in [6, 6.07) is 8.48. The predicted octanol–water partition coefficient (Wildman–Crippen LogP) is 2.19. The number of rotatable bonds is 1. The van der Waals surface area contributed by atoms with E-state index in [0.717, 1.165) is 36.7 Å². The summed E-state index contributed by atoms with van der Waals surface area (Å²) in [5.74, 6) is 0. The zero-order chi connectivity index (χ0) is 11.8. The number of hydrogen-bond donors (Lipinski definition) is 2. The first-order valence-electron chi connectivity index (χ1n) is 6.20. The molecule has 0 aliphatic heterocycles. The van der Waals surface area contributed by atoms with Crippen LogP contribution in [0.15, 0.2) is 29.1 Å². The monoisotopic (exact) mass is 267 g/mol. The number of fused-ring (bicyclic) bond motifs is 1. The molecule has 3 rings (SSSR count). The van der Waals surface area contributed by atoms with Crippen molar-refractivity contribution in [2.24, 2.45) is 5.73 Å². The Morgan fingerprint density at radius 1 is 1.17 bits per heavy atom. The molecular weight excluding hydrogens is 250 g/mol. The number of hydrogen-bond acceptors (Lipinski definition) is 2. The Morgan fingerprint density at radius 2 is 1.83 bits per heavy atom. The van der Waals surface area contributed by atoms with Gasteiger partial charge in [0, 0.05) is 12.1 Å². The molecule has 0 spiro atoms. The highest BCUT2D eigenvalue weighted by Gasteiger charge is 2.22. The zero-order valence-corrected chi connectivity index (χ0v) is 11.0. The first kappa shape index (κ1) is 13.2. The molecule has 0 radical (unpaired) electrons. The second kappa shape index (κ2) is 5.16. The lowest BCUT2D eigenvalue weighted by atomic mass is 9.91. The average molecular weight is 268 g/mol. The lowest BCUT2D eigenvalue weighted by Crippen LogP contribution is -2.31. The Balaban J connectivity index is 0.00000120. The summed E-state index contributed by atoms with van der Waals surface area (Å²) in [6.07, 6.45) is 4.03. The Hall–Kier alpha value is -1.26. The van der Waals surface area contributed by atoms with Gasteiger partial charge in [0.2, 0.25) is 0 Å². The first-order valence-corrected chi connectivity index (χ1v) is 6.20. The maximum absolute atomic E-state index is 12.0. The normalized spacial score (nSPS) is 23.8. The number of para-hydroxylation sites is 2. The van der Waals surface area contributed by atoms with E-state index >= 15 is 0 Å². The topological polar surface area (TPSA) is 63.8 Å². The van der Waals surface area contributed by atoms with Crippen molar-refractivity contribution in [3.05, 3.63) is 34.7 Å². The van der Waals surface area contributed by atoms with E-state index < -0.39 is 0 Å². The molecule has 1 aliphatic carbocycles. The summed E-state index contributed by atoms with van der Waals surface area (Å²) in [5, 5.41) is 0. The van der Waals surface area contributed by atoms with Crippen molar-refractivity contribution in [1.29, 1.82) is 0 Å². The van der Waals surface area contributed by atoms with Crippen LogP contribution >= 0.6 is 12.4 Å². The van der Waals surface area contributed by atoms with Crippen molar-refractivity contribution in [1.82, 2.24) is 9.55 Å². The van der Waals surface area contributed by atoms with Crippen molar-refractivity contribution < 1.29 is 0 Å². The van der Waals surface area contributed by atoms with E-state index in [4.69, 9.17) is 5.73 Å². The van der Waals surface area contributed by atoms with Crippen LogP contribution in [-0.2, 0) is 0 Å². The predicted molar refractivity (Wildman–Crippen MR) is 75.3 cm³/mol. The molecule has 1 aliphatic rings. The molecule has 4 nitrogen and oxygen atoms in total. The summed E-state index contributed by atoms with van der Waals surface area (Å²) in [5.41, 5.74) is 7.85. The van der Waals surface area contributed by atoms with E-state index in [9.17, 15) is 4.79 Å². The van der Waals surface area contributed by atoms with Crippen molar-refractivity contribution in [2.75, 3.05) is 0 Å². The van der Waals surface area contributed by atoms with Crippen LogP contribution in [0.3, 0.4) is 0 Å². The number of aromatic amines is 1. The SMILES string of the molecule is Cl.NC1CCC(n2c(=O)[nH]c3ccccc32)CC1. The van der Waals surface area contributed by atoms with Crippen molar-refractivity contribution in [2.45, 2.75) is 37.8 Å². The van der Waals surface area contributed by atoms with Crippen LogP contribution in [-0.4, -0.2) is 15.6 Å². The van der Waals surface area contributed by atoms with Gasteiger partial charge < -0.3 is 10.7 Å². The Kier molecular flexibility index (Phi) is 3.78. The third kappa shape index (κ3) is 2.18. The van der Waals surface area contributed by atoms with Crippen LogP contribution in [0.5, 0.6) is 0 Å². The van der Waals surface area contributed by atoms with Gasteiger partial charge in [-0.2, -0.15) is 0 Å². The smallest absolute Gasteiger partial charge is 0.326 e. The highest BCUT2D eigenvalue weighted by molar-refractivity contribution is 5.85.